The van der Waals surface area contributed by atoms with E-state index in [1.54, 1.807) is 36.4 Å². The minimum Gasteiger partial charge on any atom is -0.352 e. The second-order valence-corrected chi connectivity index (χ2v) is 8.73. The van der Waals surface area contributed by atoms with Crippen LogP contribution in [-0.4, -0.2) is 20.9 Å². The summed E-state index contributed by atoms with van der Waals surface area (Å²) in [5, 5.41) is 2.86. The third kappa shape index (κ3) is 5.43. The van der Waals surface area contributed by atoms with E-state index in [-0.39, 0.29) is 10.8 Å². The summed E-state index contributed by atoms with van der Waals surface area (Å²) >= 11 is 3.28. The molecular formula is C21H19BrN2O3S. The van der Waals surface area contributed by atoms with Crippen LogP contribution in [0.2, 0.25) is 0 Å². The van der Waals surface area contributed by atoms with Crippen molar-refractivity contribution in [3.8, 4) is 0 Å². The van der Waals surface area contributed by atoms with E-state index in [9.17, 15) is 13.2 Å². The van der Waals surface area contributed by atoms with Gasteiger partial charge >= 0.3 is 0 Å². The van der Waals surface area contributed by atoms with Crippen molar-refractivity contribution in [2.75, 3.05) is 11.3 Å². The van der Waals surface area contributed by atoms with Crippen LogP contribution in [0.3, 0.4) is 0 Å². The average molecular weight is 459 g/mol. The Morgan fingerprint density at radius 2 is 1.50 bits per heavy atom. The second kappa shape index (κ2) is 9.03. The average Bonchev–Trinajstić information content (AvgIpc) is 2.69. The Balaban J connectivity index is 1.58. The number of hydrogen-bond acceptors (Lipinski definition) is 3. The van der Waals surface area contributed by atoms with Crippen LogP contribution in [0, 0.1) is 0 Å². The smallest absolute Gasteiger partial charge is 0.261 e. The number of amides is 1. The van der Waals surface area contributed by atoms with Gasteiger partial charge in [0.05, 0.1) is 4.90 Å². The third-order valence-electron chi connectivity index (χ3n) is 4.07. The van der Waals surface area contributed by atoms with Gasteiger partial charge in [-0.25, -0.2) is 8.42 Å². The lowest BCUT2D eigenvalue weighted by atomic mass is 10.1. The fraction of sp³-hybridized carbons (Fsp3) is 0.0952. The number of rotatable bonds is 7. The van der Waals surface area contributed by atoms with Crippen LogP contribution in [0.1, 0.15) is 15.9 Å². The van der Waals surface area contributed by atoms with Gasteiger partial charge in [0.15, 0.2) is 0 Å². The number of benzene rings is 3. The van der Waals surface area contributed by atoms with Gasteiger partial charge in [-0.2, -0.15) is 0 Å². The molecule has 2 N–H and O–H groups in total. The van der Waals surface area contributed by atoms with Crippen LogP contribution in [0.25, 0.3) is 0 Å². The number of hydrogen-bond donors (Lipinski definition) is 2. The molecule has 0 saturated carbocycles. The van der Waals surface area contributed by atoms with Crippen LogP contribution in [-0.2, 0) is 16.4 Å². The van der Waals surface area contributed by atoms with Crippen molar-refractivity contribution in [2.45, 2.75) is 11.3 Å². The fourth-order valence-electron chi connectivity index (χ4n) is 2.58. The highest BCUT2D eigenvalue weighted by atomic mass is 79.9. The van der Waals surface area contributed by atoms with Crippen molar-refractivity contribution in [1.82, 2.24) is 5.32 Å². The highest BCUT2D eigenvalue weighted by molar-refractivity contribution is 9.10. The molecule has 0 aliphatic heterocycles. The molecule has 3 rings (SSSR count). The molecule has 28 heavy (non-hydrogen) atoms. The summed E-state index contributed by atoms with van der Waals surface area (Å²) < 4.78 is 28.1. The standard InChI is InChI=1S/C21H19BrN2O3S/c22-18-8-12-20(13-9-18)28(26,27)24-19-10-6-17(7-11-19)21(25)23-15-14-16-4-2-1-3-5-16/h1-13,24H,14-15H2,(H,23,25). The van der Waals surface area contributed by atoms with Crippen molar-refractivity contribution < 1.29 is 13.2 Å². The third-order valence-corrected chi connectivity index (χ3v) is 5.99. The van der Waals surface area contributed by atoms with E-state index < -0.39 is 10.0 Å². The molecular weight excluding hydrogens is 440 g/mol. The van der Waals surface area contributed by atoms with Crippen molar-refractivity contribution in [2.24, 2.45) is 0 Å². The lowest BCUT2D eigenvalue weighted by Crippen LogP contribution is -2.25. The van der Waals surface area contributed by atoms with Gasteiger partial charge < -0.3 is 5.32 Å². The van der Waals surface area contributed by atoms with E-state index in [4.69, 9.17) is 0 Å². The highest BCUT2D eigenvalue weighted by Crippen LogP contribution is 2.19. The van der Waals surface area contributed by atoms with Gasteiger partial charge in [0.1, 0.15) is 0 Å². The molecule has 0 fully saturated rings. The number of anilines is 1. The summed E-state index contributed by atoms with van der Waals surface area (Å²) in [5.41, 5.74) is 2.02. The summed E-state index contributed by atoms with van der Waals surface area (Å²) in [6, 6.07) is 22.6. The maximum Gasteiger partial charge on any atom is 0.261 e. The highest BCUT2D eigenvalue weighted by Gasteiger charge is 2.14. The maximum atomic E-state index is 12.4. The van der Waals surface area contributed by atoms with Crippen molar-refractivity contribution >= 4 is 37.5 Å². The van der Waals surface area contributed by atoms with E-state index in [0.29, 0.717) is 17.8 Å². The van der Waals surface area contributed by atoms with Crippen molar-refractivity contribution in [1.29, 1.82) is 0 Å². The lowest BCUT2D eigenvalue weighted by Gasteiger charge is -2.09. The first-order valence-corrected chi connectivity index (χ1v) is 10.9. The lowest BCUT2D eigenvalue weighted by molar-refractivity contribution is 0.0954. The predicted molar refractivity (Wildman–Crippen MR) is 114 cm³/mol. The number of carbonyl (C=O) groups excluding carboxylic acids is 1. The number of carbonyl (C=O) groups is 1. The summed E-state index contributed by atoms with van der Waals surface area (Å²) in [4.78, 5) is 12.4. The number of sulfonamides is 1. The van der Waals surface area contributed by atoms with Gasteiger partial charge in [0.25, 0.3) is 15.9 Å². The Hall–Kier alpha value is -2.64. The van der Waals surface area contributed by atoms with Gasteiger partial charge in [-0.3, -0.25) is 9.52 Å². The maximum absolute atomic E-state index is 12.4. The largest absolute Gasteiger partial charge is 0.352 e. The topological polar surface area (TPSA) is 75.3 Å². The van der Waals surface area contributed by atoms with Gasteiger partial charge in [-0.15, -0.1) is 0 Å². The first kappa shape index (κ1) is 20.1. The SMILES string of the molecule is O=C(NCCc1ccccc1)c1ccc(NS(=O)(=O)c2ccc(Br)cc2)cc1. The normalized spacial score (nSPS) is 11.0. The van der Waals surface area contributed by atoms with E-state index in [0.717, 1.165) is 16.5 Å². The quantitative estimate of drug-likeness (QED) is 0.556. The molecule has 0 heterocycles. The van der Waals surface area contributed by atoms with Gasteiger partial charge in [0, 0.05) is 22.3 Å². The number of nitrogens with one attached hydrogen (secondary N) is 2. The van der Waals surface area contributed by atoms with Crippen molar-refractivity contribution in [3.05, 3.63) is 94.5 Å². The molecule has 0 atom stereocenters. The summed E-state index contributed by atoms with van der Waals surface area (Å²) in [7, 11) is -3.68. The Morgan fingerprint density at radius 1 is 0.857 bits per heavy atom. The minimum absolute atomic E-state index is 0.165. The van der Waals surface area contributed by atoms with Gasteiger partial charge in [-0.1, -0.05) is 46.3 Å². The molecule has 0 bridgehead atoms. The van der Waals surface area contributed by atoms with Crippen molar-refractivity contribution in [3.63, 3.8) is 0 Å². The first-order valence-electron chi connectivity index (χ1n) is 8.65. The van der Waals surface area contributed by atoms with Crippen LogP contribution in [0.15, 0.2) is 88.2 Å². The molecule has 1 amide bonds. The van der Waals surface area contributed by atoms with Gasteiger partial charge in [0.2, 0.25) is 0 Å². The molecule has 3 aromatic rings. The summed E-state index contributed by atoms with van der Waals surface area (Å²) in [6.45, 7) is 0.529. The van der Waals surface area contributed by atoms with Crippen LogP contribution < -0.4 is 10.0 Å². The minimum atomic E-state index is -3.68. The molecule has 3 aromatic carbocycles. The van der Waals surface area contributed by atoms with Gasteiger partial charge in [-0.05, 0) is 60.5 Å². The molecule has 0 aromatic heterocycles. The zero-order chi connectivity index (χ0) is 20.0. The number of halogens is 1. The molecule has 0 radical (unpaired) electrons. The Kier molecular flexibility index (Phi) is 6.49. The summed E-state index contributed by atoms with van der Waals surface area (Å²) in [6.07, 6.45) is 0.748. The van der Waals surface area contributed by atoms with E-state index >= 15 is 0 Å². The Labute approximate surface area is 173 Å². The molecule has 0 aliphatic carbocycles. The molecule has 0 spiro atoms. The van der Waals surface area contributed by atoms with Crippen LogP contribution in [0.4, 0.5) is 5.69 Å². The Morgan fingerprint density at radius 3 is 2.14 bits per heavy atom. The first-order chi connectivity index (χ1) is 13.4. The zero-order valence-corrected chi connectivity index (χ0v) is 17.3. The molecule has 0 aliphatic rings. The fourth-order valence-corrected chi connectivity index (χ4v) is 3.91. The van der Waals surface area contributed by atoms with Crippen LogP contribution >= 0.6 is 15.9 Å². The summed E-state index contributed by atoms with van der Waals surface area (Å²) in [5.74, 6) is -0.196. The van der Waals surface area contributed by atoms with Crippen LogP contribution in [0.5, 0.6) is 0 Å². The monoisotopic (exact) mass is 458 g/mol. The van der Waals surface area contributed by atoms with E-state index in [1.807, 2.05) is 30.3 Å². The second-order valence-electron chi connectivity index (χ2n) is 6.13. The predicted octanol–water partition coefficient (Wildman–Crippen LogP) is 4.22. The molecule has 7 heteroatoms. The Bertz CT molecular complexity index is 1040. The zero-order valence-electron chi connectivity index (χ0n) is 14.9. The van der Waals surface area contributed by atoms with E-state index in [2.05, 4.69) is 26.0 Å². The molecule has 0 unspecified atom stereocenters. The molecule has 144 valence electrons. The molecule has 5 nitrogen and oxygen atoms in total. The van der Waals surface area contributed by atoms with E-state index in [1.165, 1.54) is 12.1 Å². The molecule has 0 saturated heterocycles.